The van der Waals surface area contributed by atoms with Crippen LogP contribution in [0.4, 0.5) is 11.4 Å². The summed E-state index contributed by atoms with van der Waals surface area (Å²) in [6.45, 7) is 2.47. The Bertz CT molecular complexity index is 1500. The molecule has 4 aromatic rings. The van der Waals surface area contributed by atoms with Gasteiger partial charge in [-0.1, -0.05) is 48.5 Å². The fourth-order valence-corrected chi connectivity index (χ4v) is 4.92. The van der Waals surface area contributed by atoms with E-state index in [0.29, 0.717) is 11.1 Å². The maximum atomic E-state index is 12.9. The van der Waals surface area contributed by atoms with E-state index in [4.69, 9.17) is 0 Å². The average molecular weight is 528 g/mol. The van der Waals surface area contributed by atoms with E-state index in [-0.39, 0.29) is 11.8 Å². The second-order valence-corrected chi connectivity index (χ2v) is 9.81. The predicted molar refractivity (Wildman–Crippen MR) is 161 cm³/mol. The van der Waals surface area contributed by atoms with Gasteiger partial charge in [0, 0.05) is 46.9 Å². The number of rotatable bonds is 7. The number of benzene rings is 4. The summed E-state index contributed by atoms with van der Waals surface area (Å²) < 4.78 is 0. The summed E-state index contributed by atoms with van der Waals surface area (Å²) in [5.74, 6) is 0.512. The van der Waals surface area contributed by atoms with Crippen molar-refractivity contribution in [2.45, 2.75) is 12.8 Å². The van der Waals surface area contributed by atoms with Crippen LogP contribution in [0.3, 0.4) is 0 Å². The molecule has 0 fully saturated rings. The van der Waals surface area contributed by atoms with Crippen molar-refractivity contribution in [1.29, 1.82) is 0 Å². The number of nitrogens with zero attached hydrogens (tertiary/aromatic N) is 2. The highest BCUT2D eigenvalue weighted by Crippen LogP contribution is 2.23. The molecule has 198 valence electrons. The largest absolute Gasteiger partial charge is 0.368 e. The number of carbonyl (C=O) groups excluding carboxylic acids is 2. The van der Waals surface area contributed by atoms with Crippen LogP contribution in [0.15, 0.2) is 107 Å². The summed E-state index contributed by atoms with van der Waals surface area (Å²) in [6.07, 6.45) is 2.06. The number of aliphatic imine (C=N–C) groups is 2. The Labute approximate surface area is 233 Å². The van der Waals surface area contributed by atoms with Crippen LogP contribution in [-0.4, -0.2) is 43.0 Å². The molecule has 0 spiro atoms. The van der Waals surface area contributed by atoms with Crippen molar-refractivity contribution >= 4 is 34.7 Å². The Kier molecular flexibility index (Phi) is 7.18. The summed E-state index contributed by atoms with van der Waals surface area (Å²) in [7, 11) is 0. The first-order valence-electron chi connectivity index (χ1n) is 13.5. The Morgan fingerprint density at radius 1 is 0.625 bits per heavy atom. The number of amides is 2. The molecule has 0 radical (unpaired) electrons. The molecule has 3 N–H and O–H groups in total. The van der Waals surface area contributed by atoms with Crippen molar-refractivity contribution in [3.8, 4) is 11.1 Å². The van der Waals surface area contributed by atoms with E-state index >= 15 is 0 Å². The van der Waals surface area contributed by atoms with E-state index < -0.39 is 0 Å². The van der Waals surface area contributed by atoms with Crippen molar-refractivity contribution in [3.63, 3.8) is 0 Å². The molecular formula is C33H29N5O2. The first kappa shape index (κ1) is 25.2. The number of nitrogens with one attached hydrogen (secondary N) is 3. The monoisotopic (exact) mass is 527 g/mol. The highest BCUT2D eigenvalue weighted by atomic mass is 16.2. The molecule has 2 amide bonds. The molecule has 6 rings (SSSR count). The first-order valence-corrected chi connectivity index (χ1v) is 13.5. The second-order valence-electron chi connectivity index (χ2n) is 9.81. The first-order chi connectivity index (χ1) is 19.6. The fourth-order valence-electron chi connectivity index (χ4n) is 4.92. The lowest BCUT2D eigenvalue weighted by Gasteiger charge is -2.10. The standard InChI is InChI=1S/C33H29N5O2/c39-32(37-28-6-1-4-26(20-28)30-8-3-17-34-30)24-13-9-22(10-14-24)23-11-15-25(16-12-23)33(40)38-29-7-2-5-27(21-29)31-35-18-19-36-31/h1-2,4-7,9-16,20-21H,3,8,17-19H2,(H,35,36)(H,37,39)(H,38,40). The molecule has 0 saturated heterocycles. The molecule has 0 atom stereocenters. The van der Waals surface area contributed by atoms with Crippen LogP contribution in [0.25, 0.3) is 11.1 Å². The van der Waals surface area contributed by atoms with Gasteiger partial charge in [-0.15, -0.1) is 0 Å². The quantitative estimate of drug-likeness (QED) is 0.284. The maximum Gasteiger partial charge on any atom is 0.255 e. The number of amidine groups is 1. The lowest BCUT2D eigenvalue weighted by Crippen LogP contribution is -2.19. The van der Waals surface area contributed by atoms with Gasteiger partial charge >= 0.3 is 0 Å². The van der Waals surface area contributed by atoms with Crippen molar-refractivity contribution in [2.24, 2.45) is 9.98 Å². The van der Waals surface area contributed by atoms with Crippen LogP contribution >= 0.6 is 0 Å². The molecule has 0 unspecified atom stereocenters. The highest BCUT2D eigenvalue weighted by molar-refractivity contribution is 6.07. The van der Waals surface area contributed by atoms with Gasteiger partial charge in [-0.2, -0.15) is 0 Å². The lowest BCUT2D eigenvalue weighted by molar-refractivity contribution is 0.101. The molecule has 0 aromatic heterocycles. The van der Waals surface area contributed by atoms with Crippen LogP contribution < -0.4 is 16.0 Å². The summed E-state index contributed by atoms with van der Waals surface area (Å²) in [6, 6.07) is 30.4. The van der Waals surface area contributed by atoms with E-state index in [2.05, 4.69) is 25.9 Å². The molecule has 7 nitrogen and oxygen atoms in total. The Hall–Kier alpha value is -5.04. The second kappa shape index (κ2) is 11.4. The van der Waals surface area contributed by atoms with Gasteiger partial charge in [0.15, 0.2) is 0 Å². The van der Waals surface area contributed by atoms with Gasteiger partial charge in [-0.25, -0.2) is 0 Å². The zero-order chi connectivity index (χ0) is 27.3. The van der Waals surface area contributed by atoms with Crippen LogP contribution in [0.2, 0.25) is 0 Å². The van der Waals surface area contributed by atoms with Gasteiger partial charge in [-0.05, 0) is 78.1 Å². The minimum atomic E-state index is -0.180. The zero-order valence-corrected chi connectivity index (χ0v) is 22.0. The van der Waals surface area contributed by atoms with Crippen molar-refractivity contribution < 1.29 is 9.59 Å². The van der Waals surface area contributed by atoms with Gasteiger partial charge in [0.25, 0.3) is 11.8 Å². The summed E-state index contributed by atoms with van der Waals surface area (Å²) in [4.78, 5) is 34.7. The molecule has 4 aromatic carbocycles. The van der Waals surface area contributed by atoms with E-state index in [1.165, 1.54) is 0 Å². The summed E-state index contributed by atoms with van der Waals surface area (Å²) >= 11 is 0. The number of carbonyl (C=O) groups is 2. The van der Waals surface area contributed by atoms with Crippen LogP contribution in [0.1, 0.15) is 44.7 Å². The smallest absolute Gasteiger partial charge is 0.255 e. The molecule has 2 aliphatic heterocycles. The molecule has 40 heavy (non-hydrogen) atoms. The molecule has 0 bridgehead atoms. The average Bonchev–Trinajstić information content (AvgIpc) is 3.73. The molecule has 0 aliphatic carbocycles. The van der Waals surface area contributed by atoms with Crippen LogP contribution in [0, 0.1) is 0 Å². The van der Waals surface area contributed by atoms with Crippen LogP contribution in [0.5, 0.6) is 0 Å². The van der Waals surface area contributed by atoms with E-state index in [9.17, 15) is 9.59 Å². The normalized spacial score (nSPS) is 14.2. The molecule has 2 aliphatic rings. The third-order valence-corrected chi connectivity index (χ3v) is 7.02. The van der Waals surface area contributed by atoms with Crippen molar-refractivity contribution in [3.05, 3.63) is 119 Å². The van der Waals surface area contributed by atoms with E-state index in [1.54, 1.807) is 12.1 Å². The Morgan fingerprint density at radius 3 is 1.73 bits per heavy atom. The van der Waals surface area contributed by atoms with Gasteiger partial charge in [0.1, 0.15) is 5.84 Å². The number of hydrogen-bond donors (Lipinski definition) is 3. The SMILES string of the molecule is O=C(Nc1cccc(C2=NCCC2)c1)c1ccc(-c2ccc(C(=O)Nc3cccc(C4=NCCN4)c3)cc2)cc1. The summed E-state index contributed by atoms with van der Waals surface area (Å²) in [5.41, 5.74) is 7.65. The minimum absolute atomic E-state index is 0.163. The molecule has 2 heterocycles. The van der Waals surface area contributed by atoms with Gasteiger partial charge in [0.2, 0.25) is 0 Å². The van der Waals surface area contributed by atoms with E-state index in [1.807, 2.05) is 84.9 Å². The molecular weight excluding hydrogens is 498 g/mol. The lowest BCUT2D eigenvalue weighted by atomic mass is 10.0. The van der Waals surface area contributed by atoms with Gasteiger partial charge in [-0.3, -0.25) is 19.6 Å². The van der Waals surface area contributed by atoms with Gasteiger partial charge < -0.3 is 16.0 Å². The number of hydrogen-bond acceptors (Lipinski definition) is 5. The Morgan fingerprint density at radius 2 is 1.20 bits per heavy atom. The van der Waals surface area contributed by atoms with Crippen molar-refractivity contribution in [1.82, 2.24) is 5.32 Å². The topological polar surface area (TPSA) is 95.0 Å². The third-order valence-electron chi connectivity index (χ3n) is 7.02. The minimum Gasteiger partial charge on any atom is -0.368 e. The van der Waals surface area contributed by atoms with E-state index in [0.717, 1.165) is 77.7 Å². The van der Waals surface area contributed by atoms with Gasteiger partial charge in [0.05, 0.1) is 6.54 Å². The Balaban J connectivity index is 1.09. The van der Waals surface area contributed by atoms with Crippen molar-refractivity contribution in [2.75, 3.05) is 30.3 Å². The fraction of sp³-hybridized carbons (Fsp3) is 0.152. The molecule has 7 heteroatoms. The summed E-state index contributed by atoms with van der Waals surface area (Å²) in [5, 5.41) is 9.21. The molecule has 0 saturated carbocycles. The maximum absolute atomic E-state index is 12.9. The number of anilines is 2. The van der Waals surface area contributed by atoms with Crippen LogP contribution in [-0.2, 0) is 0 Å². The highest BCUT2D eigenvalue weighted by Gasteiger charge is 2.13. The predicted octanol–water partition coefficient (Wildman–Crippen LogP) is 5.79. The zero-order valence-electron chi connectivity index (χ0n) is 22.0. The third kappa shape index (κ3) is 5.68.